The van der Waals surface area contributed by atoms with Gasteiger partial charge in [0.1, 0.15) is 6.04 Å². The minimum atomic E-state index is -0.704. The van der Waals surface area contributed by atoms with Crippen LogP contribution in [-0.4, -0.2) is 68.5 Å². The lowest BCUT2D eigenvalue weighted by molar-refractivity contribution is -0.134. The largest absolute Gasteiger partial charge is 0.341 e. The summed E-state index contributed by atoms with van der Waals surface area (Å²) in [5.41, 5.74) is 3.77. The maximum absolute atomic E-state index is 13.9. The highest BCUT2D eigenvalue weighted by Gasteiger charge is 2.33. The highest BCUT2D eigenvalue weighted by molar-refractivity contribution is 9.11. The third-order valence-corrected chi connectivity index (χ3v) is 10.0. The molecule has 2 N–H and O–H groups in total. The molecule has 2 saturated heterocycles. The van der Waals surface area contributed by atoms with Gasteiger partial charge in [-0.25, -0.2) is 9.59 Å². The number of piperidine rings is 2. The van der Waals surface area contributed by atoms with Gasteiger partial charge in [-0.1, -0.05) is 44.0 Å². The van der Waals surface area contributed by atoms with Gasteiger partial charge in [-0.2, -0.15) is 0 Å². The average molecular weight is 710 g/mol. The molecule has 2 aliphatic rings. The van der Waals surface area contributed by atoms with Crippen LogP contribution >= 0.6 is 31.9 Å². The molecule has 6 rings (SSSR count). The van der Waals surface area contributed by atoms with Crippen LogP contribution in [0.15, 0.2) is 80.7 Å². The van der Waals surface area contributed by atoms with E-state index in [2.05, 4.69) is 47.1 Å². The molecule has 0 spiro atoms. The van der Waals surface area contributed by atoms with Crippen LogP contribution in [0.2, 0.25) is 0 Å². The second kappa shape index (κ2) is 13.1. The number of aromatic amines is 1. The Morgan fingerprint density at radius 1 is 0.930 bits per heavy atom. The van der Waals surface area contributed by atoms with E-state index in [0.717, 1.165) is 38.4 Å². The summed E-state index contributed by atoms with van der Waals surface area (Å²) < 4.78 is 3.62. The average Bonchev–Trinajstić information content (AvgIpc) is 3.38. The van der Waals surface area contributed by atoms with Crippen molar-refractivity contribution in [3.05, 3.63) is 97.5 Å². The minimum Gasteiger partial charge on any atom is -0.341 e. The summed E-state index contributed by atoms with van der Waals surface area (Å²) >= 11 is 7.17. The zero-order valence-electron chi connectivity index (χ0n) is 23.7. The first kappa shape index (κ1) is 29.6. The predicted molar refractivity (Wildman–Crippen MR) is 173 cm³/mol. The lowest BCUT2D eigenvalue weighted by Crippen LogP contribution is -2.55. The maximum atomic E-state index is 13.9. The molecule has 2 aromatic heterocycles. The molecule has 0 bridgehead atoms. The monoisotopic (exact) mass is 708 g/mol. The summed E-state index contributed by atoms with van der Waals surface area (Å²) in [7, 11) is 0. The number of likely N-dealkylation sites (tertiary alicyclic amines) is 2. The van der Waals surface area contributed by atoms with Gasteiger partial charge >= 0.3 is 11.7 Å². The van der Waals surface area contributed by atoms with Gasteiger partial charge in [0.05, 0.1) is 11.0 Å². The van der Waals surface area contributed by atoms with Crippen LogP contribution in [0.3, 0.4) is 0 Å². The number of nitrogens with one attached hydrogen (secondary N) is 2. The van der Waals surface area contributed by atoms with Crippen molar-refractivity contribution in [3.8, 4) is 0 Å². The van der Waals surface area contributed by atoms with Crippen molar-refractivity contribution < 1.29 is 9.59 Å². The number of imidazole rings is 1. The fourth-order valence-electron chi connectivity index (χ4n) is 6.41. The smallest absolute Gasteiger partial charge is 0.326 e. The first-order chi connectivity index (χ1) is 20.9. The number of fused-ring (bicyclic) bond motifs is 1. The fraction of sp³-hybridized carbons (Fsp3) is 0.375. The topological polar surface area (TPSA) is 103 Å². The number of hydrogen-bond acceptors (Lipinski definition) is 4. The van der Waals surface area contributed by atoms with Crippen LogP contribution in [0.5, 0.6) is 0 Å². The van der Waals surface area contributed by atoms with E-state index in [0.29, 0.717) is 51.4 Å². The molecule has 4 heterocycles. The summed E-state index contributed by atoms with van der Waals surface area (Å²) in [6.07, 6.45) is 7.07. The number of para-hydroxylation sites is 2. The van der Waals surface area contributed by atoms with Gasteiger partial charge < -0.3 is 20.1 Å². The van der Waals surface area contributed by atoms with Gasteiger partial charge in [0.2, 0.25) is 5.91 Å². The number of benzene rings is 2. The molecule has 4 aromatic rings. The van der Waals surface area contributed by atoms with E-state index >= 15 is 0 Å². The lowest BCUT2D eigenvalue weighted by Gasteiger charge is -2.36. The Hall–Kier alpha value is -3.44. The molecule has 43 heavy (non-hydrogen) atoms. The zero-order valence-corrected chi connectivity index (χ0v) is 26.9. The highest BCUT2D eigenvalue weighted by Crippen LogP contribution is 2.29. The first-order valence-corrected chi connectivity index (χ1v) is 16.3. The molecule has 1 unspecified atom stereocenters. The van der Waals surface area contributed by atoms with Crippen LogP contribution in [-0.2, 0) is 11.2 Å². The molecule has 2 fully saturated rings. The van der Waals surface area contributed by atoms with Crippen molar-refractivity contribution in [1.82, 2.24) is 29.7 Å². The number of amides is 3. The Labute approximate surface area is 266 Å². The molecule has 1 atom stereocenters. The van der Waals surface area contributed by atoms with Crippen molar-refractivity contribution in [3.63, 3.8) is 0 Å². The summed E-state index contributed by atoms with van der Waals surface area (Å²) in [5, 5.41) is 3.09. The Balaban J connectivity index is 1.14. The number of hydrogen-bond donors (Lipinski definition) is 2. The molecule has 0 aliphatic carbocycles. The van der Waals surface area contributed by atoms with E-state index < -0.39 is 6.04 Å². The van der Waals surface area contributed by atoms with Crippen LogP contribution < -0.4 is 11.0 Å². The summed E-state index contributed by atoms with van der Waals surface area (Å²) in [5.74, 6) is 0.332. The van der Waals surface area contributed by atoms with E-state index in [1.165, 1.54) is 5.56 Å². The van der Waals surface area contributed by atoms with E-state index in [1.54, 1.807) is 4.90 Å². The molecular weight excluding hydrogens is 676 g/mol. The van der Waals surface area contributed by atoms with Crippen molar-refractivity contribution in [2.24, 2.45) is 0 Å². The standard InChI is InChI=1S/C32H34Br2N6O3/c33-24-5-6-26(34)23(19-24)20-28(30(41)38-15-9-22(10-16-38)21-7-13-35-14-8-21)37-31(42)39-17-11-25(12-18-39)40-29-4-2-1-3-27(29)36-32(40)43/h1-8,13-14,19,22,25,28H,9-12,15-18,20H2,(H,36,43)(H,37,42). The second-order valence-electron chi connectivity index (χ2n) is 11.4. The van der Waals surface area contributed by atoms with Gasteiger partial charge in [-0.15, -0.1) is 0 Å². The maximum Gasteiger partial charge on any atom is 0.326 e. The van der Waals surface area contributed by atoms with Crippen molar-refractivity contribution in [2.45, 2.75) is 50.1 Å². The molecule has 3 amide bonds. The Bertz CT molecular complexity index is 1660. The normalized spacial score (nSPS) is 17.3. The van der Waals surface area contributed by atoms with Crippen LogP contribution in [0.4, 0.5) is 4.79 Å². The molecule has 0 saturated carbocycles. The predicted octanol–water partition coefficient (Wildman–Crippen LogP) is 5.61. The van der Waals surface area contributed by atoms with Gasteiger partial charge in [-0.3, -0.25) is 14.3 Å². The molecule has 2 aliphatic heterocycles. The number of rotatable bonds is 6. The summed E-state index contributed by atoms with van der Waals surface area (Å²) in [4.78, 5) is 51.0. The molecular formula is C32H34Br2N6O3. The minimum absolute atomic E-state index is 0.00412. The number of pyridine rings is 1. The number of aromatic nitrogens is 3. The van der Waals surface area contributed by atoms with Gasteiger partial charge in [0.25, 0.3) is 0 Å². The molecule has 2 aromatic carbocycles. The Morgan fingerprint density at radius 2 is 1.63 bits per heavy atom. The van der Waals surface area contributed by atoms with E-state index in [-0.39, 0.29) is 23.7 Å². The zero-order chi connectivity index (χ0) is 29.9. The third-order valence-electron chi connectivity index (χ3n) is 8.75. The van der Waals surface area contributed by atoms with E-state index in [1.807, 2.05) is 76.5 Å². The number of carbonyl (C=O) groups excluding carboxylic acids is 2. The van der Waals surface area contributed by atoms with Crippen molar-refractivity contribution in [1.29, 1.82) is 0 Å². The first-order valence-electron chi connectivity index (χ1n) is 14.7. The third kappa shape index (κ3) is 6.57. The van der Waals surface area contributed by atoms with Gasteiger partial charge in [0, 0.05) is 60.0 Å². The van der Waals surface area contributed by atoms with Gasteiger partial charge in [-0.05, 0) is 85.2 Å². The molecule has 11 heteroatoms. The SMILES string of the molecule is O=C(NC(Cc1cc(Br)ccc1Br)C(=O)N1CCC(c2ccncc2)CC1)N1CCC(n2c(=O)[nH]c3ccccc32)CC1. The van der Waals surface area contributed by atoms with Crippen molar-refractivity contribution in [2.75, 3.05) is 26.2 Å². The van der Waals surface area contributed by atoms with Crippen molar-refractivity contribution >= 4 is 54.8 Å². The number of carbonyl (C=O) groups is 2. The highest BCUT2D eigenvalue weighted by atomic mass is 79.9. The Kier molecular flexibility index (Phi) is 8.99. The number of urea groups is 1. The summed E-state index contributed by atoms with van der Waals surface area (Å²) in [6, 6.07) is 16.7. The fourth-order valence-corrected chi connectivity index (χ4v) is 7.23. The summed E-state index contributed by atoms with van der Waals surface area (Å²) in [6.45, 7) is 2.29. The van der Waals surface area contributed by atoms with Crippen LogP contribution in [0.1, 0.15) is 48.8 Å². The van der Waals surface area contributed by atoms with Crippen LogP contribution in [0.25, 0.3) is 11.0 Å². The number of H-pyrrole nitrogens is 1. The number of nitrogens with zero attached hydrogens (tertiary/aromatic N) is 4. The quantitative estimate of drug-likeness (QED) is 0.272. The second-order valence-corrected chi connectivity index (χ2v) is 13.1. The van der Waals surface area contributed by atoms with E-state index in [9.17, 15) is 14.4 Å². The number of halogens is 2. The Morgan fingerprint density at radius 3 is 2.37 bits per heavy atom. The van der Waals surface area contributed by atoms with E-state index in [4.69, 9.17) is 0 Å². The molecule has 0 radical (unpaired) electrons. The van der Waals surface area contributed by atoms with Gasteiger partial charge in [0.15, 0.2) is 0 Å². The lowest BCUT2D eigenvalue weighted by atomic mass is 9.89. The molecule has 9 nitrogen and oxygen atoms in total. The molecule has 224 valence electrons. The van der Waals surface area contributed by atoms with Crippen LogP contribution in [0, 0.1) is 0 Å².